The number of amides is 1. The first-order valence-electron chi connectivity index (χ1n) is 4.14. The molecule has 80 valence electrons. The Labute approximate surface area is 95.4 Å². The number of hydrogen-bond acceptors (Lipinski definition) is 3. The summed E-state index contributed by atoms with van der Waals surface area (Å²) in [6.45, 7) is 3.87. The van der Waals surface area contributed by atoms with Crippen molar-refractivity contribution in [2.75, 3.05) is 6.54 Å². The van der Waals surface area contributed by atoms with Crippen molar-refractivity contribution in [3.05, 3.63) is 34.8 Å². The molecule has 0 fully saturated rings. The van der Waals surface area contributed by atoms with Gasteiger partial charge in [0.1, 0.15) is 0 Å². The molecular weight excluding hydrogens is 262 g/mol. The number of aromatic hydroxyl groups is 2. The summed E-state index contributed by atoms with van der Waals surface area (Å²) in [4.78, 5) is 11.4. The van der Waals surface area contributed by atoms with Gasteiger partial charge in [-0.05, 0) is 18.2 Å². The molecule has 5 heteroatoms. The van der Waals surface area contributed by atoms with Crippen LogP contribution in [0.5, 0.6) is 11.5 Å². The zero-order chi connectivity index (χ0) is 11.4. The minimum absolute atomic E-state index is 0.253. The third-order valence-electron chi connectivity index (χ3n) is 1.68. The highest BCUT2D eigenvalue weighted by Gasteiger charge is 2.07. The highest BCUT2D eigenvalue weighted by Crippen LogP contribution is 2.24. The van der Waals surface area contributed by atoms with Gasteiger partial charge in [0.25, 0.3) is 5.91 Å². The molecule has 0 saturated heterocycles. The Hall–Kier alpha value is -1.49. The molecule has 1 amide bonds. The van der Waals surface area contributed by atoms with Crippen molar-refractivity contribution in [2.45, 2.75) is 0 Å². The molecule has 0 aliphatic carbocycles. The summed E-state index contributed by atoms with van der Waals surface area (Å²) in [7, 11) is 0. The first-order chi connectivity index (χ1) is 7.00. The second kappa shape index (κ2) is 4.84. The van der Waals surface area contributed by atoms with Gasteiger partial charge in [0, 0.05) is 16.6 Å². The van der Waals surface area contributed by atoms with E-state index in [0.717, 1.165) is 0 Å². The van der Waals surface area contributed by atoms with Gasteiger partial charge in [-0.3, -0.25) is 4.79 Å². The van der Waals surface area contributed by atoms with Crippen molar-refractivity contribution < 1.29 is 15.0 Å². The predicted octanol–water partition coefficient (Wildman–Crippen LogP) is 1.74. The standard InChI is InChI=1S/C10H10BrNO3/c1-6(11)5-12-10(15)7-2-3-8(13)9(14)4-7/h2-4,13-14H,1,5H2,(H,12,15). The minimum atomic E-state index is -0.342. The van der Waals surface area contributed by atoms with E-state index in [4.69, 9.17) is 10.2 Å². The van der Waals surface area contributed by atoms with E-state index in [9.17, 15) is 4.79 Å². The topological polar surface area (TPSA) is 69.6 Å². The Kier molecular flexibility index (Phi) is 3.74. The molecule has 0 unspecified atom stereocenters. The Bertz CT molecular complexity index is 404. The highest BCUT2D eigenvalue weighted by molar-refractivity contribution is 9.11. The molecule has 0 aliphatic rings. The van der Waals surface area contributed by atoms with Crippen LogP contribution in [0.3, 0.4) is 0 Å². The van der Waals surface area contributed by atoms with Crippen LogP contribution in [-0.4, -0.2) is 22.7 Å². The number of phenols is 2. The van der Waals surface area contributed by atoms with Crippen LogP contribution < -0.4 is 5.32 Å². The maximum atomic E-state index is 11.4. The van der Waals surface area contributed by atoms with Gasteiger partial charge in [0.15, 0.2) is 11.5 Å². The summed E-state index contributed by atoms with van der Waals surface area (Å²) >= 11 is 3.10. The predicted molar refractivity (Wildman–Crippen MR) is 60.2 cm³/mol. The number of phenolic OH excluding ortho intramolecular Hbond substituents is 2. The second-order valence-electron chi connectivity index (χ2n) is 2.90. The van der Waals surface area contributed by atoms with Crippen molar-refractivity contribution >= 4 is 21.8 Å². The summed E-state index contributed by atoms with van der Waals surface area (Å²) in [6.07, 6.45) is 0. The van der Waals surface area contributed by atoms with E-state index in [0.29, 0.717) is 11.0 Å². The lowest BCUT2D eigenvalue weighted by Gasteiger charge is -2.04. The molecule has 3 N–H and O–H groups in total. The van der Waals surface area contributed by atoms with Crippen molar-refractivity contribution in [1.82, 2.24) is 5.32 Å². The summed E-state index contributed by atoms with van der Waals surface area (Å²) in [5, 5.41) is 20.8. The first-order valence-corrected chi connectivity index (χ1v) is 4.93. The summed E-state index contributed by atoms with van der Waals surface area (Å²) in [5.41, 5.74) is 0.277. The minimum Gasteiger partial charge on any atom is -0.504 e. The Morgan fingerprint density at radius 2 is 2.07 bits per heavy atom. The van der Waals surface area contributed by atoms with Gasteiger partial charge in [-0.25, -0.2) is 0 Å². The summed E-state index contributed by atoms with van der Waals surface area (Å²) in [5.74, 6) is -0.914. The third-order valence-corrected chi connectivity index (χ3v) is 1.96. The second-order valence-corrected chi connectivity index (χ2v) is 4.02. The van der Waals surface area contributed by atoms with Gasteiger partial charge in [-0.2, -0.15) is 0 Å². The third kappa shape index (κ3) is 3.28. The molecule has 0 aromatic heterocycles. The SMILES string of the molecule is C=C(Br)CNC(=O)c1ccc(O)c(O)c1. The molecular formula is C10H10BrNO3. The number of nitrogens with one attached hydrogen (secondary N) is 1. The van der Waals surface area contributed by atoms with Crippen molar-refractivity contribution in [2.24, 2.45) is 0 Å². The molecule has 0 aliphatic heterocycles. The van der Waals surface area contributed by atoms with Crippen LogP contribution >= 0.6 is 15.9 Å². The summed E-state index contributed by atoms with van der Waals surface area (Å²) in [6, 6.07) is 3.87. The molecule has 0 saturated carbocycles. The average molecular weight is 272 g/mol. The van der Waals surface area contributed by atoms with E-state index in [1.807, 2.05) is 0 Å². The average Bonchev–Trinajstić information content (AvgIpc) is 2.18. The molecule has 0 atom stereocenters. The van der Waals surface area contributed by atoms with Crippen LogP contribution in [0.1, 0.15) is 10.4 Å². The molecule has 0 radical (unpaired) electrons. The molecule has 1 aromatic rings. The number of carbonyl (C=O) groups excluding carboxylic acids is 1. The van der Waals surface area contributed by atoms with Crippen LogP contribution in [0.2, 0.25) is 0 Å². The normalized spacial score (nSPS) is 9.67. The van der Waals surface area contributed by atoms with Crippen LogP contribution in [0, 0.1) is 0 Å². The van der Waals surface area contributed by atoms with Crippen molar-refractivity contribution in [3.63, 3.8) is 0 Å². The Morgan fingerprint density at radius 1 is 1.40 bits per heavy atom. The van der Waals surface area contributed by atoms with Crippen LogP contribution in [-0.2, 0) is 0 Å². The van der Waals surface area contributed by atoms with E-state index < -0.39 is 0 Å². The van der Waals surface area contributed by atoms with Crippen LogP contribution in [0.4, 0.5) is 0 Å². The molecule has 0 spiro atoms. The van der Waals surface area contributed by atoms with Crippen molar-refractivity contribution in [1.29, 1.82) is 0 Å². The number of carbonyl (C=O) groups is 1. The molecule has 1 aromatic carbocycles. The van der Waals surface area contributed by atoms with Gasteiger partial charge in [0.2, 0.25) is 0 Å². The van der Waals surface area contributed by atoms with Gasteiger partial charge in [-0.1, -0.05) is 22.5 Å². The highest BCUT2D eigenvalue weighted by atomic mass is 79.9. The maximum absolute atomic E-state index is 11.4. The fourth-order valence-corrected chi connectivity index (χ4v) is 1.08. The fraction of sp³-hybridized carbons (Fsp3) is 0.100. The molecule has 0 heterocycles. The van der Waals surface area contributed by atoms with Gasteiger partial charge < -0.3 is 15.5 Å². The van der Waals surface area contributed by atoms with Crippen LogP contribution in [0.25, 0.3) is 0 Å². The van der Waals surface area contributed by atoms with E-state index in [-0.39, 0.29) is 23.0 Å². The van der Waals surface area contributed by atoms with Crippen LogP contribution in [0.15, 0.2) is 29.3 Å². The quantitative estimate of drug-likeness (QED) is 0.734. The monoisotopic (exact) mass is 271 g/mol. The largest absolute Gasteiger partial charge is 0.504 e. The van der Waals surface area contributed by atoms with E-state index in [1.165, 1.54) is 18.2 Å². The zero-order valence-corrected chi connectivity index (χ0v) is 9.41. The first kappa shape index (κ1) is 11.6. The van der Waals surface area contributed by atoms with Gasteiger partial charge in [-0.15, -0.1) is 0 Å². The van der Waals surface area contributed by atoms with Crippen molar-refractivity contribution in [3.8, 4) is 11.5 Å². The molecule has 4 nitrogen and oxygen atoms in total. The Morgan fingerprint density at radius 3 is 2.60 bits per heavy atom. The van der Waals surface area contributed by atoms with Gasteiger partial charge in [0.05, 0.1) is 0 Å². The number of benzene rings is 1. The van der Waals surface area contributed by atoms with E-state index >= 15 is 0 Å². The lowest BCUT2D eigenvalue weighted by Crippen LogP contribution is -2.24. The molecule has 15 heavy (non-hydrogen) atoms. The molecule has 0 bridgehead atoms. The van der Waals surface area contributed by atoms with E-state index in [2.05, 4.69) is 27.8 Å². The zero-order valence-electron chi connectivity index (χ0n) is 7.83. The van der Waals surface area contributed by atoms with E-state index in [1.54, 1.807) is 0 Å². The Balaban J connectivity index is 2.74. The number of hydrogen-bond donors (Lipinski definition) is 3. The number of halogens is 1. The maximum Gasteiger partial charge on any atom is 0.251 e. The summed E-state index contributed by atoms with van der Waals surface area (Å²) < 4.78 is 0.652. The number of rotatable bonds is 3. The smallest absolute Gasteiger partial charge is 0.251 e. The molecule has 1 rings (SSSR count). The lowest BCUT2D eigenvalue weighted by atomic mass is 10.2. The fourth-order valence-electron chi connectivity index (χ4n) is 0.943. The van der Waals surface area contributed by atoms with Gasteiger partial charge >= 0.3 is 0 Å². The lowest BCUT2D eigenvalue weighted by molar-refractivity contribution is 0.0957.